The molecule has 10 aromatic rings. The first-order valence-electron chi connectivity index (χ1n) is 17.5. The largest absolute Gasteiger partial charge is 0.456 e. The molecule has 0 atom stereocenters. The lowest BCUT2D eigenvalue weighted by atomic mass is 9.95. The molecule has 0 saturated heterocycles. The van der Waals surface area contributed by atoms with Crippen LogP contribution in [0.3, 0.4) is 0 Å². The molecule has 0 unspecified atom stereocenters. The van der Waals surface area contributed by atoms with Crippen LogP contribution in [0.25, 0.3) is 98.4 Å². The molecule has 0 aliphatic carbocycles. The highest BCUT2D eigenvalue weighted by Crippen LogP contribution is 2.37. The van der Waals surface area contributed by atoms with Crippen molar-refractivity contribution < 1.29 is 4.42 Å². The molecule has 0 aliphatic rings. The van der Waals surface area contributed by atoms with Crippen molar-refractivity contribution in [3.63, 3.8) is 0 Å². The van der Waals surface area contributed by atoms with E-state index in [-0.39, 0.29) is 0 Å². The van der Waals surface area contributed by atoms with Gasteiger partial charge in [0.25, 0.3) is 0 Å². The molecule has 1 heteroatoms. The normalized spacial score (nSPS) is 11.5. The van der Waals surface area contributed by atoms with Gasteiger partial charge in [0.1, 0.15) is 11.2 Å². The highest BCUT2D eigenvalue weighted by Gasteiger charge is 2.12. The first kappa shape index (κ1) is 29.2. The smallest absolute Gasteiger partial charge is 0.136 e. The van der Waals surface area contributed by atoms with E-state index in [1.54, 1.807) is 0 Å². The fraction of sp³-hybridized carbons (Fsp3) is 0. The molecular weight excluding hydrogens is 617 g/mol. The van der Waals surface area contributed by atoms with Crippen molar-refractivity contribution in [3.8, 4) is 33.4 Å². The predicted molar refractivity (Wildman–Crippen MR) is 218 cm³/mol. The molecular formula is C50H32O. The number of hydrogen-bond acceptors (Lipinski definition) is 1. The Hall–Kier alpha value is -6.70. The predicted octanol–water partition coefficient (Wildman–Crippen LogP) is 14.3. The van der Waals surface area contributed by atoms with Gasteiger partial charge >= 0.3 is 0 Å². The number of hydrogen-bond donors (Lipinski definition) is 0. The minimum absolute atomic E-state index is 0.902. The topological polar surface area (TPSA) is 13.1 Å². The molecule has 0 spiro atoms. The van der Waals surface area contributed by atoms with E-state index >= 15 is 0 Å². The molecule has 0 fully saturated rings. The van der Waals surface area contributed by atoms with Crippen molar-refractivity contribution >= 4 is 65.0 Å². The highest BCUT2D eigenvalue weighted by atomic mass is 16.3. The Morgan fingerprint density at radius 2 is 0.647 bits per heavy atom. The Morgan fingerprint density at radius 1 is 0.235 bits per heavy atom. The van der Waals surface area contributed by atoms with Crippen molar-refractivity contribution in [1.82, 2.24) is 0 Å². The molecule has 0 amide bonds. The SMILES string of the molecule is c1ccc2ccc(-c3ccc4cc(-c5ccc6c(c5)oc5cc(-c7cccc8ccccc78)ccc56)ccc4c3)c3ccccc3cccc2c1. The molecule has 0 aliphatic heterocycles. The summed E-state index contributed by atoms with van der Waals surface area (Å²) in [6.07, 6.45) is 0. The van der Waals surface area contributed by atoms with Crippen LogP contribution in [-0.4, -0.2) is 0 Å². The van der Waals surface area contributed by atoms with Gasteiger partial charge < -0.3 is 4.42 Å². The maximum atomic E-state index is 6.53. The van der Waals surface area contributed by atoms with Crippen molar-refractivity contribution in [2.45, 2.75) is 0 Å². The first-order chi connectivity index (χ1) is 25.2. The van der Waals surface area contributed by atoms with E-state index in [0.717, 1.165) is 33.1 Å². The number of furan rings is 1. The second-order valence-electron chi connectivity index (χ2n) is 13.3. The van der Waals surface area contributed by atoms with Crippen LogP contribution in [-0.2, 0) is 0 Å². The van der Waals surface area contributed by atoms with Crippen LogP contribution in [0.1, 0.15) is 0 Å². The van der Waals surface area contributed by atoms with Gasteiger partial charge in [0.15, 0.2) is 0 Å². The van der Waals surface area contributed by atoms with E-state index in [1.165, 1.54) is 65.3 Å². The summed E-state index contributed by atoms with van der Waals surface area (Å²) in [4.78, 5) is 0. The lowest BCUT2D eigenvalue weighted by Crippen LogP contribution is -1.83. The standard InChI is InChI=1S/C50H32O/c1-2-10-34-23-26-46(44-17-6-4-11-35(44)14-7-13-33(34)9-1)41-22-21-37-29-38(19-20-39(37)30-41)40-24-27-47-48-28-25-42(32-50(48)51-49(47)31-40)45-18-8-15-36-12-3-5-16-43(36)45/h1-32H. The number of fused-ring (bicyclic) bond motifs is 7. The zero-order valence-electron chi connectivity index (χ0n) is 27.9. The van der Waals surface area contributed by atoms with Gasteiger partial charge in [-0.25, -0.2) is 0 Å². The molecule has 9 aromatic carbocycles. The third kappa shape index (κ3) is 5.19. The maximum Gasteiger partial charge on any atom is 0.136 e. The average molecular weight is 649 g/mol. The van der Waals surface area contributed by atoms with Gasteiger partial charge in [0.2, 0.25) is 0 Å². The van der Waals surface area contributed by atoms with Crippen molar-refractivity contribution in [2.75, 3.05) is 0 Å². The zero-order valence-corrected chi connectivity index (χ0v) is 27.9. The third-order valence-corrected chi connectivity index (χ3v) is 10.3. The van der Waals surface area contributed by atoms with Gasteiger partial charge in [0, 0.05) is 10.8 Å². The molecule has 1 nitrogen and oxygen atoms in total. The second-order valence-corrected chi connectivity index (χ2v) is 13.3. The van der Waals surface area contributed by atoms with Crippen LogP contribution in [0, 0.1) is 0 Å². The molecule has 1 aromatic heterocycles. The van der Waals surface area contributed by atoms with E-state index in [0.29, 0.717) is 0 Å². The average Bonchev–Trinajstić information content (AvgIpc) is 3.56. The molecule has 1 heterocycles. The van der Waals surface area contributed by atoms with Crippen molar-refractivity contribution in [1.29, 1.82) is 0 Å². The summed E-state index contributed by atoms with van der Waals surface area (Å²) >= 11 is 0. The van der Waals surface area contributed by atoms with E-state index in [1.807, 2.05) is 0 Å². The van der Waals surface area contributed by atoms with Crippen LogP contribution in [0.2, 0.25) is 0 Å². The summed E-state index contributed by atoms with van der Waals surface area (Å²) in [6.45, 7) is 0. The quantitative estimate of drug-likeness (QED) is 0.186. The zero-order chi connectivity index (χ0) is 33.7. The molecule has 10 rings (SSSR count). The fourth-order valence-corrected chi connectivity index (χ4v) is 7.67. The van der Waals surface area contributed by atoms with Crippen LogP contribution in [0.5, 0.6) is 0 Å². The molecule has 0 radical (unpaired) electrons. The van der Waals surface area contributed by atoms with E-state index < -0.39 is 0 Å². The van der Waals surface area contributed by atoms with Gasteiger partial charge in [-0.3, -0.25) is 0 Å². The maximum absolute atomic E-state index is 6.53. The fourth-order valence-electron chi connectivity index (χ4n) is 7.67. The molecule has 238 valence electrons. The van der Waals surface area contributed by atoms with Gasteiger partial charge in [-0.05, 0) is 113 Å². The van der Waals surface area contributed by atoms with Gasteiger partial charge in [-0.15, -0.1) is 0 Å². The molecule has 0 N–H and O–H groups in total. The number of rotatable bonds is 3. The Labute approximate surface area is 296 Å². The van der Waals surface area contributed by atoms with Crippen LogP contribution >= 0.6 is 0 Å². The van der Waals surface area contributed by atoms with E-state index in [9.17, 15) is 0 Å². The Bertz CT molecular complexity index is 3030. The van der Waals surface area contributed by atoms with E-state index in [4.69, 9.17) is 4.42 Å². The summed E-state index contributed by atoms with van der Waals surface area (Å²) in [5, 5.41) is 12.0. The van der Waals surface area contributed by atoms with Gasteiger partial charge in [-0.1, -0.05) is 158 Å². The summed E-state index contributed by atoms with van der Waals surface area (Å²) in [5.41, 5.74) is 8.90. The summed E-state index contributed by atoms with van der Waals surface area (Å²) in [7, 11) is 0. The third-order valence-electron chi connectivity index (χ3n) is 10.3. The van der Waals surface area contributed by atoms with Crippen LogP contribution < -0.4 is 0 Å². The Morgan fingerprint density at radius 3 is 1.35 bits per heavy atom. The summed E-state index contributed by atoms with van der Waals surface area (Å²) in [6, 6.07) is 70.1. The monoisotopic (exact) mass is 648 g/mol. The minimum atomic E-state index is 0.902. The van der Waals surface area contributed by atoms with E-state index in [2.05, 4.69) is 194 Å². The minimum Gasteiger partial charge on any atom is -0.456 e. The summed E-state index contributed by atoms with van der Waals surface area (Å²) < 4.78 is 6.53. The lowest BCUT2D eigenvalue weighted by Gasteiger charge is -2.09. The first-order valence-corrected chi connectivity index (χ1v) is 17.5. The Kier molecular flexibility index (Phi) is 6.89. The van der Waals surface area contributed by atoms with Crippen molar-refractivity contribution in [2.24, 2.45) is 0 Å². The van der Waals surface area contributed by atoms with Crippen LogP contribution in [0.4, 0.5) is 0 Å². The molecule has 0 saturated carbocycles. The molecule has 0 bridgehead atoms. The second kappa shape index (κ2) is 12.0. The summed E-state index contributed by atoms with van der Waals surface area (Å²) in [5.74, 6) is 0. The number of benzene rings is 8. The van der Waals surface area contributed by atoms with Crippen LogP contribution in [0.15, 0.2) is 199 Å². The van der Waals surface area contributed by atoms with Gasteiger partial charge in [0.05, 0.1) is 0 Å². The van der Waals surface area contributed by atoms with Crippen molar-refractivity contribution in [3.05, 3.63) is 194 Å². The lowest BCUT2D eigenvalue weighted by molar-refractivity contribution is 0.669. The molecule has 51 heavy (non-hydrogen) atoms. The highest BCUT2D eigenvalue weighted by molar-refractivity contribution is 6.08. The Balaban J connectivity index is 1.04. The van der Waals surface area contributed by atoms with Gasteiger partial charge in [-0.2, -0.15) is 0 Å².